The van der Waals surface area contributed by atoms with Crippen LogP contribution in [0.25, 0.3) is 0 Å². The van der Waals surface area contributed by atoms with Crippen LogP contribution >= 0.6 is 0 Å². The highest BCUT2D eigenvalue weighted by molar-refractivity contribution is 5.84. The number of rotatable bonds is 2. The van der Waals surface area contributed by atoms with Crippen LogP contribution in [-0.4, -0.2) is 54.5 Å². The minimum atomic E-state index is -0.0426. The first-order chi connectivity index (χ1) is 9.15. The van der Waals surface area contributed by atoms with Crippen molar-refractivity contribution in [2.24, 2.45) is 11.8 Å². The van der Waals surface area contributed by atoms with Crippen LogP contribution in [0.4, 0.5) is 4.79 Å². The average Bonchev–Trinajstić information content (AvgIpc) is 3.16. The Morgan fingerprint density at radius 2 is 2.00 bits per heavy atom. The molecule has 2 atom stereocenters. The lowest BCUT2D eigenvalue weighted by Gasteiger charge is -2.38. The first-order valence-electron chi connectivity index (χ1n) is 7.44. The molecule has 0 bridgehead atoms. The van der Waals surface area contributed by atoms with E-state index in [1.807, 2.05) is 0 Å². The van der Waals surface area contributed by atoms with E-state index in [4.69, 9.17) is 0 Å². The second-order valence-electron chi connectivity index (χ2n) is 6.23. The molecule has 106 valence electrons. The van der Waals surface area contributed by atoms with Crippen molar-refractivity contribution in [3.8, 4) is 0 Å². The third kappa shape index (κ3) is 2.69. The first-order valence-corrected chi connectivity index (χ1v) is 7.44. The maximum absolute atomic E-state index is 12.2. The molecule has 5 heteroatoms. The quantitative estimate of drug-likeness (QED) is 0.811. The minimum absolute atomic E-state index is 0.0417. The number of hydrogen-bond acceptors (Lipinski definition) is 2. The van der Waals surface area contributed by atoms with E-state index in [9.17, 15) is 9.59 Å². The lowest BCUT2D eigenvalue weighted by atomic mass is 9.76. The Kier molecular flexibility index (Phi) is 3.37. The number of urea groups is 1. The number of nitrogens with zero attached hydrogens (tertiary/aromatic N) is 2. The standard InChI is InChI=1S/C14H23N3O2/c1-16-7-2-8-17(9-13(16)18)14(19)15-12-6-5-11(12)10-3-4-10/h10-12H,2-9H2,1H3,(H,15,19). The summed E-state index contributed by atoms with van der Waals surface area (Å²) >= 11 is 0. The molecular formula is C14H23N3O2. The number of nitrogens with one attached hydrogen (secondary N) is 1. The van der Waals surface area contributed by atoms with Crippen LogP contribution in [-0.2, 0) is 4.79 Å². The molecular weight excluding hydrogens is 242 g/mol. The van der Waals surface area contributed by atoms with Crippen LogP contribution in [0, 0.1) is 11.8 Å². The Balaban J connectivity index is 1.53. The van der Waals surface area contributed by atoms with E-state index < -0.39 is 0 Å². The van der Waals surface area contributed by atoms with E-state index in [1.54, 1.807) is 16.8 Å². The van der Waals surface area contributed by atoms with Crippen molar-refractivity contribution < 1.29 is 9.59 Å². The highest BCUT2D eigenvalue weighted by atomic mass is 16.2. The summed E-state index contributed by atoms with van der Waals surface area (Å²) in [6, 6.07) is 0.315. The lowest BCUT2D eigenvalue weighted by Crippen LogP contribution is -2.53. The van der Waals surface area contributed by atoms with E-state index in [2.05, 4.69) is 5.32 Å². The molecule has 1 aliphatic heterocycles. The van der Waals surface area contributed by atoms with E-state index in [0.29, 0.717) is 18.5 Å². The van der Waals surface area contributed by atoms with Gasteiger partial charge in [-0.25, -0.2) is 4.79 Å². The van der Waals surface area contributed by atoms with Crippen molar-refractivity contribution in [3.63, 3.8) is 0 Å². The molecule has 2 aliphatic carbocycles. The zero-order valence-corrected chi connectivity index (χ0v) is 11.6. The number of amides is 3. The number of likely N-dealkylation sites (N-methyl/N-ethyl adjacent to an activating group) is 1. The van der Waals surface area contributed by atoms with Crippen LogP contribution < -0.4 is 5.32 Å². The Bertz CT molecular complexity index is 381. The van der Waals surface area contributed by atoms with Crippen molar-refractivity contribution in [2.45, 2.75) is 38.1 Å². The molecule has 1 N–H and O–H groups in total. The fourth-order valence-corrected chi connectivity index (χ4v) is 3.20. The second-order valence-corrected chi connectivity index (χ2v) is 6.23. The van der Waals surface area contributed by atoms with E-state index in [1.165, 1.54) is 19.3 Å². The van der Waals surface area contributed by atoms with E-state index in [0.717, 1.165) is 25.3 Å². The van der Waals surface area contributed by atoms with Gasteiger partial charge in [0.2, 0.25) is 5.91 Å². The van der Waals surface area contributed by atoms with E-state index >= 15 is 0 Å². The van der Waals surface area contributed by atoms with Gasteiger partial charge in [0, 0.05) is 26.2 Å². The zero-order valence-electron chi connectivity index (χ0n) is 11.6. The van der Waals surface area contributed by atoms with Gasteiger partial charge < -0.3 is 15.1 Å². The van der Waals surface area contributed by atoms with Crippen molar-refractivity contribution in [2.75, 3.05) is 26.7 Å². The van der Waals surface area contributed by atoms with Crippen molar-refractivity contribution in [1.82, 2.24) is 15.1 Å². The van der Waals surface area contributed by atoms with Gasteiger partial charge in [-0.1, -0.05) is 0 Å². The molecule has 2 saturated carbocycles. The molecule has 5 nitrogen and oxygen atoms in total. The summed E-state index contributed by atoms with van der Waals surface area (Å²) < 4.78 is 0. The van der Waals surface area contributed by atoms with Crippen LogP contribution in [0.5, 0.6) is 0 Å². The Morgan fingerprint density at radius 1 is 1.21 bits per heavy atom. The summed E-state index contributed by atoms with van der Waals surface area (Å²) in [6.07, 6.45) is 5.91. The Labute approximate surface area is 114 Å². The number of hydrogen-bond donors (Lipinski definition) is 1. The molecule has 1 saturated heterocycles. The van der Waals surface area contributed by atoms with Gasteiger partial charge in [0.1, 0.15) is 6.54 Å². The van der Waals surface area contributed by atoms with Crippen LogP contribution in [0.2, 0.25) is 0 Å². The number of carbonyl (C=O) groups excluding carboxylic acids is 2. The van der Waals surface area contributed by atoms with Gasteiger partial charge in [-0.15, -0.1) is 0 Å². The van der Waals surface area contributed by atoms with Gasteiger partial charge in [0.25, 0.3) is 0 Å². The smallest absolute Gasteiger partial charge is 0.318 e. The molecule has 19 heavy (non-hydrogen) atoms. The molecule has 0 radical (unpaired) electrons. The number of carbonyl (C=O) groups is 2. The molecule has 3 amide bonds. The molecule has 1 heterocycles. The monoisotopic (exact) mass is 265 g/mol. The van der Waals surface area contributed by atoms with Gasteiger partial charge in [0.15, 0.2) is 0 Å². The highest BCUT2D eigenvalue weighted by Crippen LogP contribution is 2.46. The fraction of sp³-hybridized carbons (Fsp3) is 0.857. The van der Waals surface area contributed by atoms with Crippen molar-refractivity contribution >= 4 is 11.9 Å². The van der Waals surface area contributed by atoms with Gasteiger partial charge in [-0.3, -0.25) is 4.79 Å². The minimum Gasteiger partial charge on any atom is -0.344 e. The van der Waals surface area contributed by atoms with Crippen LogP contribution in [0.3, 0.4) is 0 Å². The maximum atomic E-state index is 12.2. The largest absolute Gasteiger partial charge is 0.344 e. The Hall–Kier alpha value is -1.26. The summed E-state index contributed by atoms with van der Waals surface area (Å²) in [5.74, 6) is 1.60. The van der Waals surface area contributed by atoms with Crippen molar-refractivity contribution in [3.05, 3.63) is 0 Å². The zero-order chi connectivity index (χ0) is 13.4. The summed E-state index contributed by atoms with van der Waals surface area (Å²) in [4.78, 5) is 27.4. The van der Waals surface area contributed by atoms with Gasteiger partial charge in [-0.2, -0.15) is 0 Å². The lowest BCUT2D eigenvalue weighted by molar-refractivity contribution is -0.129. The maximum Gasteiger partial charge on any atom is 0.318 e. The molecule has 0 aromatic carbocycles. The molecule has 0 aromatic heterocycles. The van der Waals surface area contributed by atoms with Crippen LogP contribution in [0.15, 0.2) is 0 Å². The topological polar surface area (TPSA) is 52.6 Å². The molecule has 2 unspecified atom stereocenters. The van der Waals surface area contributed by atoms with E-state index in [-0.39, 0.29) is 18.5 Å². The molecule has 3 rings (SSSR count). The predicted molar refractivity (Wildman–Crippen MR) is 71.6 cm³/mol. The van der Waals surface area contributed by atoms with Gasteiger partial charge >= 0.3 is 6.03 Å². The molecule has 3 aliphatic rings. The Morgan fingerprint density at radius 3 is 2.63 bits per heavy atom. The summed E-state index contributed by atoms with van der Waals surface area (Å²) in [6.45, 7) is 1.66. The second kappa shape index (κ2) is 5.02. The third-order valence-corrected chi connectivity index (χ3v) is 4.82. The average molecular weight is 265 g/mol. The van der Waals surface area contributed by atoms with Gasteiger partial charge in [-0.05, 0) is 43.9 Å². The normalized spacial score (nSPS) is 31.7. The van der Waals surface area contributed by atoms with Crippen LogP contribution in [0.1, 0.15) is 32.1 Å². The summed E-state index contributed by atoms with van der Waals surface area (Å²) in [5.41, 5.74) is 0. The van der Waals surface area contributed by atoms with Gasteiger partial charge in [0.05, 0.1) is 0 Å². The molecule has 0 aromatic rings. The molecule has 0 spiro atoms. The predicted octanol–water partition coefficient (Wildman–Crippen LogP) is 1.05. The third-order valence-electron chi connectivity index (χ3n) is 4.82. The SMILES string of the molecule is CN1CCCN(C(=O)NC2CCC2C2CC2)CC1=O. The first kappa shape index (κ1) is 12.8. The summed E-state index contributed by atoms with van der Waals surface area (Å²) in [7, 11) is 1.80. The fourth-order valence-electron chi connectivity index (χ4n) is 3.20. The highest BCUT2D eigenvalue weighted by Gasteiger charge is 2.43. The van der Waals surface area contributed by atoms with Crippen molar-refractivity contribution in [1.29, 1.82) is 0 Å². The summed E-state index contributed by atoms with van der Waals surface area (Å²) in [5, 5.41) is 3.14. The molecule has 3 fully saturated rings.